The van der Waals surface area contributed by atoms with E-state index in [1.54, 1.807) is 12.1 Å². The van der Waals surface area contributed by atoms with E-state index in [1.807, 2.05) is 0 Å². The molecule has 17 heavy (non-hydrogen) atoms. The van der Waals surface area contributed by atoms with E-state index in [0.29, 0.717) is 10.1 Å². The van der Waals surface area contributed by atoms with E-state index in [9.17, 15) is 9.18 Å². The first-order valence-electron chi connectivity index (χ1n) is 4.78. The summed E-state index contributed by atoms with van der Waals surface area (Å²) in [5.41, 5.74) is 5.90. The Balaban J connectivity index is 2.18. The first-order valence-corrected chi connectivity index (χ1v) is 5.60. The molecule has 0 radical (unpaired) electrons. The van der Waals surface area contributed by atoms with Crippen molar-refractivity contribution < 1.29 is 9.18 Å². The summed E-state index contributed by atoms with van der Waals surface area (Å²) in [6.45, 7) is -0.106. The zero-order chi connectivity index (χ0) is 12.3. The number of anilines is 1. The van der Waals surface area contributed by atoms with Gasteiger partial charge in [-0.3, -0.25) is 10.1 Å². The average molecular weight is 252 g/mol. The van der Waals surface area contributed by atoms with E-state index in [0.717, 1.165) is 5.56 Å². The van der Waals surface area contributed by atoms with E-state index in [2.05, 4.69) is 15.5 Å². The summed E-state index contributed by atoms with van der Waals surface area (Å²) >= 11 is 1.20. The van der Waals surface area contributed by atoms with Gasteiger partial charge in [-0.05, 0) is 24.3 Å². The molecule has 1 aromatic heterocycles. The highest BCUT2D eigenvalue weighted by Crippen LogP contribution is 2.26. The van der Waals surface area contributed by atoms with Crippen LogP contribution in [0, 0.1) is 5.82 Å². The summed E-state index contributed by atoms with van der Waals surface area (Å²) in [5, 5.41) is 11.2. The molecule has 0 aliphatic heterocycles. The van der Waals surface area contributed by atoms with Crippen LogP contribution in [0.2, 0.25) is 0 Å². The maximum atomic E-state index is 12.7. The summed E-state index contributed by atoms with van der Waals surface area (Å²) in [4.78, 5) is 11.0. The van der Waals surface area contributed by atoms with Crippen molar-refractivity contribution in [3.8, 4) is 10.6 Å². The van der Waals surface area contributed by atoms with E-state index in [4.69, 9.17) is 5.73 Å². The van der Waals surface area contributed by atoms with E-state index >= 15 is 0 Å². The molecule has 0 atom stereocenters. The number of hydrogen-bond donors (Lipinski definition) is 2. The monoisotopic (exact) mass is 252 g/mol. The number of benzene rings is 1. The lowest BCUT2D eigenvalue weighted by molar-refractivity contribution is -0.114. The van der Waals surface area contributed by atoms with Gasteiger partial charge in [0.2, 0.25) is 11.0 Å². The Labute approximate surface area is 100 Å². The molecule has 88 valence electrons. The van der Waals surface area contributed by atoms with Gasteiger partial charge in [0, 0.05) is 5.56 Å². The third kappa shape index (κ3) is 2.83. The Morgan fingerprint density at radius 1 is 1.35 bits per heavy atom. The number of halogens is 1. The van der Waals surface area contributed by atoms with Gasteiger partial charge >= 0.3 is 0 Å². The summed E-state index contributed by atoms with van der Waals surface area (Å²) in [7, 11) is 0. The number of carbonyl (C=O) groups excluding carboxylic acids is 1. The third-order valence-corrected chi connectivity index (χ3v) is 2.84. The van der Waals surface area contributed by atoms with Crippen molar-refractivity contribution in [3.63, 3.8) is 0 Å². The number of nitrogens with zero attached hydrogens (tertiary/aromatic N) is 2. The molecule has 0 fully saturated rings. The highest BCUT2D eigenvalue weighted by Gasteiger charge is 2.08. The quantitative estimate of drug-likeness (QED) is 0.861. The zero-order valence-electron chi connectivity index (χ0n) is 8.68. The highest BCUT2D eigenvalue weighted by atomic mass is 32.1. The molecule has 0 aliphatic carbocycles. The fraction of sp³-hybridized carbons (Fsp3) is 0.100. The van der Waals surface area contributed by atoms with Gasteiger partial charge < -0.3 is 5.73 Å². The smallest absolute Gasteiger partial charge is 0.239 e. The maximum absolute atomic E-state index is 12.7. The van der Waals surface area contributed by atoms with Crippen LogP contribution in [0.1, 0.15) is 0 Å². The lowest BCUT2D eigenvalue weighted by Crippen LogP contribution is -2.21. The molecule has 0 bridgehead atoms. The van der Waals surface area contributed by atoms with Crippen LogP contribution in [0.5, 0.6) is 0 Å². The molecule has 0 saturated carbocycles. The second-order valence-electron chi connectivity index (χ2n) is 3.17. The lowest BCUT2D eigenvalue weighted by Gasteiger charge is -1.95. The topological polar surface area (TPSA) is 80.9 Å². The van der Waals surface area contributed by atoms with E-state index in [-0.39, 0.29) is 18.3 Å². The molecule has 3 N–H and O–H groups in total. The third-order valence-electron chi connectivity index (χ3n) is 1.95. The normalized spacial score (nSPS) is 10.2. The standard InChI is InChI=1S/C10H9FN4OS/c11-7-3-1-6(2-4-7)9-14-15-10(17-9)13-8(16)5-12/h1-4H,5,12H2,(H,13,15,16). The molecular weight excluding hydrogens is 243 g/mol. The molecule has 1 aromatic carbocycles. The number of hydrogen-bond acceptors (Lipinski definition) is 5. The lowest BCUT2D eigenvalue weighted by atomic mass is 10.2. The van der Waals surface area contributed by atoms with Gasteiger partial charge in [0.25, 0.3) is 0 Å². The van der Waals surface area contributed by atoms with Gasteiger partial charge in [0.15, 0.2) is 0 Å². The van der Waals surface area contributed by atoms with Crippen molar-refractivity contribution in [1.82, 2.24) is 10.2 Å². The Morgan fingerprint density at radius 2 is 2.06 bits per heavy atom. The van der Waals surface area contributed by atoms with Crippen LogP contribution in [-0.4, -0.2) is 22.6 Å². The minimum absolute atomic E-state index is 0.106. The van der Waals surface area contributed by atoms with Crippen LogP contribution in [0.4, 0.5) is 9.52 Å². The van der Waals surface area contributed by atoms with E-state index in [1.165, 1.54) is 23.5 Å². The predicted molar refractivity (Wildman–Crippen MR) is 63.0 cm³/mol. The summed E-state index contributed by atoms with van der Waals surface area (Å²) in [5.74, 6) is -0.637. The summed E-state index contributed by atoms with van der Waals surface area (Å²) in [6.07, 6.45) is 0. The van der Waals surface area contributed by atoms with Crippen molar-refractivity contribution in [3.05, 3.63) is 30.1 Å². The van der Waals surface area contributed by atoms with Gasteiger partial charge in [-0.25, -0.2) is 4.39 Å². The number of nitrogens with one attached hydrogen (secondary N) is 1. The Hall–Kier alpha value is -1.86. The summed E-state index contributed by atoms with van der Waals surface area (Å²) < 4.78 is 12.7. The SMILES string of the molecule is NCC(=O)Nc1nnc(-c2ccc(F)cc2)s1. The van der Waals surface area contributed by atoms with Crippen molar-refractivity contribution in [2.45, 2.75) is 0 Å². The van der Waals surface area contributed by atoms with Crippen LogP contribution in [0.25, 0.3) is 10.6 Å². The molecule has 2 aromatic rings. The molecule has 0 unspecified atom stereocenters. The van der Waals surface area contributed by atoms with Crippen LogP contribution < -0.4 is 11.1 Å². The average Bonchev–Trinajstić information content (AvgIpc) is 2.78. The molecule has 0 spiro atoms. The van der Waals surface area contributed by atoms with Crippen molar-refractivity contribution in [2.24, 2.45) is 5.73 Å². The van der Waals surface area contributed by atoms with Gasteiger partial charge in [0.1, 0.15) is 10.8 Å². The molecular formula is C10H9FN4OS. The molecule has 2 rings (SSSR count). The first kappa shape index (κ1) is 11.6. The van der Waals surface area contributed by atoms with Gasteiger partial charge in [0.05, 0.1) is 6.54 Å². The fourth-order valence-corrected chi connectivity index (χ4v) is 1.92. The zero-order valence-corrected chi connectivity index (χ0v) is 9.50. The van der Waals surface area contributed by atoms with E-state index < -0.39 is 0 Å². The predicted octanol–water partition coefficient (Wildman–Crippen LogP) is 1.24. The van der Waals surface area contributed by atoms with Crippen LogP contribution in [-0.2, 0) is 4.79 Å². The maximum Gasteiger partial charge on any atom is 0.239 e. The van der Waals surface area contributed by atoms with Crippen molar-refractivity contribution in [2.75, 3.05) is 11.9 Å². The van der Waals surface area contributed by atoms with Gasteiger partial charge in [-0.1, -0.05) is 11.3 Å². The molecule has 1 amide bonds. The Bertz CT molecular complexity index is 525. The molecule has 5 nitrogen and oxygen atoms in total. The number of rotatable bonds is 3. The fourth-order valence-electron chi connectivity index (χ4n) is 1.15. The second-order valence-corrected chi connectivity index (χ2v) is 4.15. The van der Waals surface area contributed by atoms with Gasteiger partial charge in [-0.2, -0.15) is 0 Å². The second kappa shape index (κ2) is 4.98. The molecule has 0 saturated heterocycles. The highest BCUT2D eigenvalue weighted by molar-refractivity contribution is 7.18. The summed E-state index contributed by atoms with van der Waals surface area (Å²) in [6, 6.07) is 5.89. The number of nitrogens with two attached hydrogens (primary N) is 1. The first-order chi connectivity index (χ1) is 8.19. The van der Waals surface area contributed by atoms with Crippen LogP contribution in [0.3, 0.4) is 0 Å². The Kier molecular flexibility index (Phi) is 3.40. The Morgan fingerprint density at radius 3 is 2.71 bits per heavy atom. The molecule has 0 aliphatic rings. The largest absolute Gasteiger partial charge is 0.322 e. The minimum Gasteiger partial charge on any atom is -0.322 e. The molecule has 1 heterocycles. The number of amides is 1. The minimum atomic E-state index is -0.327. The van der Waals surface area contributed by atoms with Crippen molar-refractivity contribution >= 4 is 22.4 Å². The number of aromatic nitrogens is 2. The van der Waals surface area contributed by atoms with Gasteiger partial charge in [-0.15, -0.1) is 10.2 Å². The van der Waals surface area contributed by atoms with Crippen LogP contribution >= 0.6 is 11.3 Å². The van der Waals surface area contributed by atoms with Crippen molar-refractivity contribution in [1.29, 1.82) is 0 Å². The van der Waals surface area contributed by atoms with Crippen LogP contribution in [0.15, 0.2) is 24.3 Å². The number of carbonyl (C=O) groups is 1. The molecule has 7 heteroatoms.